The second kappa shape index (κ2) is 7.28. The lowest BCUT2D eigenvalue weighted by Crippen LogP contribution is -2.36. The van der Waals surface area contributed by atoms with Crippen LogP contribution in [0.5, 0.6) is 5.75 Å². The van der Waals surface area contributed by atoms with Crippen LogP contribution in [0, 0.1) is 0 Å². The summed E-state index contributed by atoms with van der Waals surface area (Å²) in [6, 6.07) is 4.69. The molecule has 0 heterocycles. The Morgan fingerprint density at radius 3 is 2.57 bits per heavy atom. The number of halogens is 3. The number of hydrogen-bond acceptors (Lipinski definition) is 4. The predicted molar refractivity (Wildman–Crippen MR) is 68.1 cm³/mol. The van der Waals surface area contributed by atoms with Gasteiger partial charge in [0.15, 0.2) is 0 Å². The van der Waals surface area contributed by atoms with E-state index in [0.29, 0.717) is 0 Å². The number of rotatable bonds is 7. The lowest BCUT2D eigenvalue weighted by atomic mass is 10.2. The Morgan fingerprint density at radius 2 is 2.00 bits per heavy atom. The number of hydrogen-bond donors (Lipinski definition) is 2. The Morgan fingerprint density at radius 1 is 1.38 bits per heavy atom. The maximum Gasteiger partial charge on any atom is 0.419 e. The van der Waals surface area contributed by atoms with E-state index in [2.05, 4.69) is 0 Å². The van der Waals surface area contributed by atoms with E-state index in [-0.39, 0.29) is 25.4 Å². The van der Waals surface area contributed by atoms with Gasteiger partial charge in [-0.1, -0.05) is 12.1 Å². The first-order valence-corrected chi connectivity index (χ1v) is 6.07. The fourth-order valence-electron chi connectivity index (χ4n) is 1.72. The van der Waals surface area contributed by atoms with Crippen molar-refractivity contribution in [1.82, 2.24) is 4.90 Å². The Kier molecular flexibility index (Phi) is 5.98. The highest BCUT2D eigenvalue weighted by Crippen LogP contribution is 2.35. The average Bonchev–Trinajstić information content (AvgIpc) is 2.34. The highest BCUT2D eigenvalue weighted by atomic mass is 19.4. The minimum atomic E-state index is -4.54. The van der Waals surface area contributed by atoms with E-state index in [0.717, 1.165) is 12.1 Å². The van der Waals surface area contributed by atoms with Gasteiger partial charge in [-0.25, -0.2) is 0 Å². The van der Waals surface area contributed by atoms with Gasteiger partial charge in [0.1, 0.15) is 18.5 Å². The van der Waals surface area contributed by atoms with Crippen molar-refractivity contribution in [2.24, 2.45) is 0 Å². The lowest BCUT2D eigenvalue weighted by molar-refractivity contribution is -0.140. The first-order chi connectivity index (χ1) is 9.70. The van der Waals surface area contributed by atoms with Crippen molar-refractivity contribution in [2.75, 3.05) is 26.7 Å². The van der Waals surface area contributed by atoms with Crippen molar-refractivity contribution in [3.8, 4) is 5.75 Å². The van der Waals surface area contributed by atoms with E-state index >= 15 is 0 Å². The number of likely N-dealkylation sites (N-methyl/N-ethyl adjacent to an activating group) is 1. The molecule has 118 valence electrons. The number of nitrogens with zero attached hydrogens (tertiary/aromatic N) is 1. The molecule has 0 radical (unpaired) electrons. The molecule has 21 heavy (non-hydrogen) atoms. The zero-order valence-electron chi connectivity index (χ0n) is 11.3. The van der Waals surface area contributed by atoms with Crippen LogP contribution in [0.3, 0.4) is 0 Å². The first kappa shape index (κ1) is 17.3. The normalized spacial score (nSPS) is 13.2. The van der Waals surface area contributed by atoms with Crippen LogP contribution in [0.1, 0.15) is 5.56 Å². The number of aliphatic carboxylic acids is 1. The molecule has 8 heteroatoms. The summed E-state index contributed by atoms with van der Waals surface area (Å²) in [6.45, 7) is -0.673. The summed E-state index contributed by atoms with van der Waals surface area (Å²) in [7, 11) is 1.47. The molecule has 1 atom stereocenters. The van der Waals surface area contributed by atoms with E-state index in [1.165, 1.54) is 24.1 Å². The zero-order chi connectivity index (χ0) is 16.0. The number of carboxylic acids is 1. The van der Waals surface area contributed by atoms with Crippen LogP contribution in [0.15, 0.2) is 24.3 Å². The lowest BCUT2D eigenvalue weighted by Gasteiger charge is -2.20. The van der Waals surface area contributed by atoms with Crippen molar-refractivity contribution in [2.45, 2.75) is 12.3 Å². The molecule has 1 unspecified atom stereocenters. The molecule has 2 N–H and O–H groups in total. The van der Waals surface area contributed by atoms with E-state index in [4.69, 9.17) is 9.84 Å². The third-order valence-corrected chi connectivity index (χ3v) is 2.55. The molecular formula is C13H16F3NO4. The quantitative estimate of drug-likeness (QED) is 0.798. The van der Waals surface area contributed by atoms with Gasteiger partial charge < -0.3 is 14.9 Å². The van der Waals surface area contributed by atoms with E-state index in [1.54, 1.807) is 0 Å². The molecular weight excluding hydrogens is 291 g/mol. The minimum absolute atomic E-state index is 0.0273. The van der Waals surface area contributed by atoms with Crippen molar-refractivity contribution in [1.29, 1.82) is 0 Å². The van der Waals surface area contributed by atoms with Gasteiger partial charge in [-0.2, -0.15) is 13.2 Å². The largest absolute Gasteiger partial charge is 0.490 e. The number of alkyl halides is 3. The van der Waals surface area contributed by atoms with Gasteiger partial charge in [0.05, 0.1) is 12.1 Å². The summed E-state index contributed by atoms with van der Waals surface area (Å²) in [6.07, 6.45) is -5.64. The van der Waals surface area contributed by atoms with Gasteiger partial charge in [-0.15, -0.1) is 0 Å². The molecule has 5 nitrogen and oxygen atoms in total. The van der Waals surface area contributed by atoms with Gasteiger partial charge in [0.2, 0.25) is 0 Å². The van der Waals surface area contributed by atoms with Gasteiger partial charge in [-0.05, 0) is 19.2 Å². The van der Waals surface area contributed by atoms with E-state index in [1.807, 2.05) is 0 Å². The van der Waals surface area contributed by atoms with Crippen LogP contribution in [-0.2, 0) is 11.0 Å². The SMILES string of the molecule is CN(CC(=O)O)CC(O)COc1ccccc1C(F)(F)F. The summed E-state index contributed by atoms with van der Waals surface area (Å²) in [5, 5.41) is 18.2. The third-order valence-electron chi connectivity index (χ3n) is 2.55. The Hall–Kier alpha value is -1.80. The Balaban J connectivity index is 2.58. The van der Waals surface area contributed by atoms with E-state index < -0.39 is 23.8 Å². The molecule has 0 aromatic heterocycles. The van der Waals surface area contributed by atoms with Crippen molar-refractivity contribution in [3.05, 3.63) is 29.8 Å². The molecule has 0 bridgehead atoms. The summed E-state index contributed by atoms with van der Waals surface area (Å²) < 4.78 is 43.1. The van der Waals surface area contributed by atoms with Crippen LogP contribution < -0.4 is 4.74 Å². The molecule has 0 aliphatic rings. The van der Waals surface area contributed by atoms with Gasteiger partial charge >= 0.3 is 12.1 Å². The molecule has 1 rings (SSSR count). The topological polar surface area (TPSA) is 70.0 Å². The first-order valence-electron chi connectivity index (χ1n) is 6.07. The van der Waals surface area contributed by atoms with E-state index in [9.17, 15) is 23.1 Å². The number of ether oxygens (including phenoxy) is 1. The van der Waals surface area contributed by atoms with Crippen molar-refractivity contribution >= 4 is 5.97 Å². The number of aliphatic hydroxyl groups is 1. The second-order valence-electron chi connectivity index (χ2n) is 4.55. The van der Waals surface area contributed by atoms with Gasteiger partial charge in [0, 0.05) is 6.54 Å². The van der Waals surface area contributed by atoms with Gasteiger partial charge in [0.25, 0.3) is 0 Å². The zero-order valence-corrected chi connectivity index (χ0v) is 11.3. The average molecular weight is 307 g/mol. The van der Waals surface area contributed by atoms with Crippen LogP contribution in [-0.4, -0.2) is 53.9 Å². The van der Waals surface area contributed by atoms with Crippen LogP contribution in [0.4, 0.5) is 13.2 Å². The number of carbonyl (C=O) groups is 1. The Labute approximate surface area is 119 Å². The second-order valence-corrected chi connectivity index (χ2v) is 4.55. The number of carboxylic acid groups (broad SMARTS) is 1. The molecule has 1 aromatic rings. The molecule has 0 spiro atoms. The third kappa shape index (κ3) is 6.01. The summed E-state index contributed by atoms with van der Waals surface area (Å²) in [5.74, 6) is -1.43. The fraction of sp³-hybridized carbons (Fsp3) is 0.462. The monoisotopic (exact) mass is 307 g/mol. The molecule has 1 aromatic carbocycles. The van der Waals surface area contributed by atoms with Crippen molar-refractivity contribution < 1.29 is 32.9 Å². The summed E-state index contributed by atoms with van der Waals surface area (Å²) >= 11 is 0. The fourth-order valence-corrected chi connectivity index (χ4v) is 1.72. The molecule has 0 saturated carbocycles. The molecule has 0 aliphatic heterocycles. The summed E-state index contributed by atoms with van der Waals surface area (Å²) in [5.41, 5.74) is -0.920. The number of para-hydroxylation sites is 1. The molecule has 0 fully saturated rings. The van der Waals surface area contributed by atoms with Crippen LogP contribution in [0.25, 0.3) is 0 Å². The van der Waals surface area contributed by atoms with Crippen LogP contribution >= 0.6 is 0 Å². The highest BCUT2D eigenvalue weighted by molar-refractivity contribution is 5.69. The Bertz CT molecular complexity index is 479. The molecule has 0 saturated heterocycles. The van der Waals surface area contributed by atoms with Crippen LogP contribution in [0.2, 0.25) is 0 Å². The number of aliphatic hydroxyl groups excluding tert-OH is 1. The number of benzene rings is 1. The highest BCUT2D eigenvalue weighted by Gasteiger charge is 2.34. The van der Waals surface area contributed by atoms with Gasteiger partial charge in [-0.3, -0.25) is 9.69 Å². The predicted octanol–water partition coefficient (Wildman–Crippen LogP) is 1.46. The minimum Gasteiger partial charge on any atom is -0.490 e. The molecule has 0 aliphatic carbocycles. The smallest absolute Gasteiger partial charge is 0.419 e. The van der Waals surface area contributed by atoms with Crippen molar-refractivity contribution in [3.63, 3.8) is 0 Å². The standard InChI is InChI=1S/C13H16F3NO4/c1-17(7-12(19)20)6-9(18)8-21-11-5-3-2-4-10(11)13(14,15)16/h2-5,9,18H,6-8H2,1H3,(H,19,20). The summed E-state index contributed by atoms with van der Waals surface area (Å²) in [4.78, 5) is 11.8. The molecule has 0 amide bonds. The maximum atomic E-state index is 12.7. The maximum absolute atomic E-state index is 12.7.